The van der Waals surface area contributed by atoms with Crippen LogP contribution in [0.3, 0.4) is 0 Å². The van der Waals surface area contributed by atoms with Gasteiger partial charge in [0, 0.05) is 31.0 Å². The van der Waals surface area contributed by atoms with Crippen LogP contribution in [0.4, 0.5) is 0 Å². The monoisotopic (exact) mass is 221 g/mol. The van der Waals surface area contributed by atoms with E-state index in [2.05, 4.69) is 22.4 Å². The van der Waals surface area contributed by atoms with Crippen molar-refractivity contribution in [3.05, 3.63) is 17.0 Å². The lowest BCUT2D eigenvalue weighted by Gasteiger charge is -2.25. The molecule has 2 aliphatic heterocycles. The third kappa shape index (κ3) is 1.76. The first-order valence-corrected chi connectivity index (χ1v) is 6.21. The van der Waals surface area contributed by atoms with Crippen molar-refractivity contribution in [1.82, 2.24) is 15.4 Å². The van der Waals surface area contributed by atoms with E-state index in [1.807, 2.05) is 0 Å². The molecular formula is C12H19N3O. The first kappa shape index (κ1) is 10.3. The smallest absolute Gasteiger partial charge is 0.144 e. The van der Waals surface area contributed by atoms with Crippen LogP contribution in [0.5, 0.6) is 0 Å². The van der Waals surface area contributed by atoms with E-state index in [0.717, 1.165) is 32.6 Å². The lowest BCUT2D eigenvalue weighted by atomic mass is 9.91. The highest BCUT2D eigenvalue weighted by atomic mass is 16.5. The summed E-state index contributed by atoms with van der Waals surface area (Å²) in [6.07, 6.45) is 3.41. The molecule has 1 N–H and O–H groups in total. The Labute approximate surface area is 96.0 Å². The summed E-state index contributed by atoms with van der Waals surface area (Å²) in [5.41, 5.74) is 2.58. The number of nitrogens with one attached hydrogen (secondary N) is 1. The zero-order valence-electron chi connectivity index (χ0n) is 9.83. The van der Waals surface area contributed by atoms with Gasteiger partial charge in [0.05, 0.1) is 5.69 Å². The average molecular weight is 221 g/mol. The van der Waals surface area contributed by atoms with Gasteiger partial charge in [0.1, 0.15) is 5.76 Å². The van der Waals surface area contributed by atoms with Gasteiger partial charge in [-0.05, 0) is 33.0 Å². The SMILES string of the molecule is CN1CCc2noc(C3CCNCC3)c2C1. The number of hydrogen-bond donors (Lipinski definition) is 1. The van der Waals surface area contributed by atoms with Crippen molar-refractivity contribution in [2.75, 3.05) is 26.7 Å². The average Bonchev–Trinajstić information content (AvgIpc) is 2.73. The Morgan fingerprint density at radius 1 is 1.38 bits per heavy atom. The molecule has 0 saturated carbocycles. The highest BCUT2D eigenvalue weighted by molar-refractivity contribution is 5.28. The van der Waals surface area contributed by atoms with Gasteiger partial charge in [0.25, 0.3) is 0 Å². The Hall–Kier alpha value is -0.870. The molecule has 0 bridgehead atoms. The second-order valence-corrected chi connectivity index (χ2v) is 4.98. The molecule has 4 nitrogen and oxygen atoms in total. The standard InChI is InChI=1S/C12H19N3O/c1-15-7-4-11-10(8-15)12(16-14-11)9-2-5-13-6-3-9/h9,13H,2-8H2,1H3. The molecule has 4 heteroatoms. The molecule has 0 aromatic carbocycles. The van der Waals surface area contributed by atoms with Gasteiger partial charge in [-0.3, -0.25) is 0 Å². The molecule has 1 fully saturated rings. The fourth-order valence-electron chi connectivity index (χ4n) is 2.77. The number of rotatable bonds is 1. The number of aromatic nitrogens is 1. The molecule has 2 aliphatic rings. The molecule has 88 valence electrons. The highest BCUT2D eigenvalue weighted by Gasteiger charge is 2.27. The lowest BCUT2D eigenvalue weighted by molar-refractivity contribution is 0.306. The van der Waals surface area contributed by atoms with Crippen LogP contribution in [-0.4, -0.2) is 36.7 Å². The molecule has 3 heterocycles. The summed E-state index contributed by atoms with van der Waals surface area (Å²) in [5, 5.41) is 7.64. The number of hydrogen-bond acceptors (Lipinski definition) is 4. The number of fused-ring (bicyclic) bond motifs is 1. The Morgan fingerprint density at radius 3 is 3.00 bits per heavy atom. The molecule has 0 aliphatic carbocycles. The van der Waals surface area contributed by atoms with Crippen LogP contribution >= 0.6 is 0 Å². The van der Waals surface area contributed by atoms with Crippen LogP contribution < -0.4 is 5.32 Å². The van der Waals surface area contributed by atoms with E-state index in [-0.39, 0.29) is 0 Å². The minimum atomic E-state index is 0.587. The van der Waals surface area contributed by atoms with Crippen LogP contribution in [0.25, 0.3) is 0 Å². The normalized spacial score (nSPS) is 23.3. The summed E-state index contributed by atoms with van der Waals surface area (Å²) in [6.45, 7) is 4.33. The molecule has 1 aromatic heterocycles. The van der Waals surface area contributed by atoms with E-state index in [4.69, 9.17) is 4.52 Å². The van der Waals surface area contributed by atoms with E-state index in [9.17, 15) is 0 Å². The third-order valence-electron chi connectivity index (χ3n) is 3.77. The molecular weight excluding hydrogens is 202 g/mol. The number of nitrogens with zero attached hydrogens (tertiary/aromatic N) is 2. The zero-order chi connectivity index (χ0) is 11.0. The molecule has 3 rings (SSSR count). The van der Waals surface area contributed by atoms with Crippen LogP contribution in [-0.2, 0) is 13.0 Å². The maximum Gasteiger partial charge on any atom is 0.144 e. The van der Waals surface area contributed by atoms with Crippen molar-refractivity contribution in [3.8, 4) is 0 Å². The summed E-state index contributed by atoms with van der Waals surface area (Å²) in [5.74, 6) is 1.76. The molecule has 0 unspecified atom stereocenters. The summed E-state index contributed by atoms with van der Waals surface area (Å²) < 4.78 is 5.60. The molecule has 0 amide bonds. The van der Waals surface area contributed by atoms with E-state index >= 15 is 0 Å². The number of likely N-dealkylation sites (N-methyl/N-ethyl adjacent to an activating group) is 1. The highest BCUT2D eigenvalue weighted by Crippen LogP contribution is 2.32. The lowest BCUT2D eigenvalue weighted by Crippen LogP contribution is -2.29. The summed E-state index contributed by atoms with van der Waals surface area (Å²) in [7, 11) is 2.17. The molecule has 1 saturated heterocycles. The van der Waals surface area contributed by atoms with Gasteiger partial charge >= 0.3 is 0 Å². The Morgan fingerprint density at radius 2 is 2.19 bits per heavy atom. The van der Waals surface area contributed by atoms with Crippen molar-refractivity contribution >= 4 is 0 Å². The van der Waals surface area contributed by atoms with Crippen molar-refractivity contribution in [2.45, 2.75) is 31.7 Å². The van der Waals surface area contributed by atoms with Gasteiger partial charge in [-0.25, -0.2) is 0 Å². The predicted molar refractivity (Wildman–Crippen MR) is 61.4 cm³/mol. The third-order valence-corrected chi connectivity index (χ3v) is 3.77. The Bertz CT molecular complexity index is 368. The second kappa shape index (κ2) is 4.18. The van der Waals surface area contributed by atoms with E-state index in [0.29, 0.717) is 5.92 Å². The predicted octanol–water partition coefficient (Wildman–Crippen LogP) is 1.13. The molecule has 0 spiro atoms. The van der Waals surface area contributed by atoms with Gasteiger partial charge in [-0.15, -0.1) is 0 Å². The summed E-state index contributed by atoms with van der Waals surface area (Å²) in [4.78, 5) is 2.35. The Kier molecular flexibility index (Phi) is 2.69. The van der Waals surface area contributed by atoms with Crippen LogP contribution in [0.2, 0.25) is 0 Å². The summed E-state index contributed by atoms with van der Waals surface area (Å²) in [6, 6.07) is 0. The van der Waals surface area contributed by atoms with Crippen LogP contribution in [0.1, 0.15) is 35.8 Å². The molecule has 0 radical (unpaired) electrons. The van der Waals surface area contributed by atoms with Crippen molar-refractivity contribution in [3.63, 3.8) is 0 Å². The Balaban J connectivity index is 1.86. The molecule has 1 aromatic rings. The number of piperidine rings is 1. The minimum absolute atomic E-state index is 0.587. The van der Waals surface area contributed by atoms with Crippen molar-refractivity contribution in [1.29, 1.82) is 0 Å². The van der Waals surface area contributed by atoms with E-state index < -0.39 is 0 Å². The maximum absolute atomic E-state index is 5.60. The summed E-state index contributed by atoms with van der Waals surface area (Å²) >= 11 is 0. The fraction of sp³-hybridized carbons (Fsp3) is 0.750. The van der Waals surface area contributed by atoms with Crippen LogP contribution in [0, 0.1) is 0 Å². The first-order valence-electron chi connectivity index (χ1n) is 6.21. The van der Waals surface area contributed by atoms with E-state index in [1.54, 1.807) is 0 Å². The maximum atomic E-state index is 5.60. The van der Waals surface area contributed by atoms with Crippen molar-refractivity contribution < 1.29 is 4.52 Å². The second-order valence-electron chi connectivity index (χ2n) is 4.98. The van der Waals surface area contributed by atoms with Crippen molar-refractivity contribution in [2.24, 2.45) is 0 Å². The van der Waals surface area contributed by atoms with Gasteiger partial charge in [0.2, 0.25) is 0 Å². The fourth-order valence-corrected chi connectivity index (χ4v) is 2.77. The molecule has 0 atom stereocenters. The van der Waals surface area contributed by atoms with Gasteiger partial charge in [-0.2, -0.15) is 0 Å². The van der Waals surface area contributed by atoms with Crippen LogP contribution in [0.15, 0.2) is 4.52 Å². The first-order chi connectivity index (χ1) is 7.84. The van der Waals surface area contributed by atoms with E-state index in [1.165, 1.54) is 29.9 Å². The quantitative estimate of drug-likeness (QED) is 0.772. The largest absolute Gasteiger partial charge is 0.360 e. The molecule has 16 heavy (non-hydrogen) atoms. The topological polar surface area (TPSA) is 41.3 Å². The minimum Gasteiger partial charge on any atom is -0.360 e. The zero-order valence-corrected chi connectivity index (χ0v) is 9.83. The van der Waals surface area contributed by atoms with Gasteiger partial charge in [-0.1, -0.05) is 5.16 Å². The van der Waals surface area contributed by atoms with Gasteiger partial charge in [0.15, 0.2) is 0 Å². The van der Waals surface area contributed by atoms with Gasteiger partial charge < -0.3 is 14.7 Å².